The number of aryl methyl sites for hydroxylation is 1. The lowest BCUT2D eigenvalue weighted by molar-refractivity contribution is -0.137. The number of carbonyl (C=O) groups is 2. The highest BCUT2D eigenvalue weighted by Gasteiger charge is 2.38. The average Bonchev–Trinajstić information content (AvgIpc) is 3.19. The minimum atomic E-state index is -4.67. The highest BCUT2D eigenvalue weighted by Crippen LogP contribution is 2.42. The van der Waals surface area contributed by atoms with Crippen LogP contribution < -0.4 is 10.2 Å². The summed E-state index contributed by atoms with van der Waals surface area (Å²) in [6.45, 7) is 2.07. The van der Waals surface area contributed by atoms with Gasteiger partial charge in [-0.05, 0) is 54.8 Å². The van der Waals surface area contributed by atoms with Gasteiger partial charge >= 0.3 is 6.18 Å². The van der Waals surface area contributed by atoms with E-state index in [2.05, 4.69) is 10.3 Å². The minimum absolute atomic E-state index is 0.0522. The van der Waals surface area contributed by atoms with Gasteiger partial charge in [0, 0.05) is 36.5 Å². The Bertz CT molecular complexity index is 1180. The standard InChI is InChI=1S/C24H20F3N3O2/c1-15-9-10-16(13-18(15)17-5-3-11-28-14-17)23(32)29-20-7-2-6-19(24(25,26)27)22(20)30-12-4-8-21(30)31/h2-3,5-7,9-11,13-14H,4,8,12H2,1H3,(H,29,32). The van der Waals surface area contributed by atoms with E-state index >= 15 is 0 Å². The lowest BCUT2D eigenvalue weighted by atomic mass is 9.99. The number of rotatable bonds is 4. The summed E-state index contributed by atoms with van der Waals surface area (Å²) in [5.41, 5.74) is 1.51. The van der Waals surface area contributed by atoms with Crippen molar-refractivity contribution in [2.24, 2.45) is 0 Å². The van der Waals surface area contributed by atoms with E-state index in [1.54, 1.807) is 36.7 Å². The van der Waals surface area contributed by atoms with Crippen LogP contribution in [0.1, 0.15) is 34.3 Å². The van der Waals surface area contributed by atoms with Gasteiger partial charge in [0.05, 0.1) is 16.9 Å². The van der Waals surface area contributed by atoms with Gasteiger partial charge in [0.2, 0.25) is 5.91 Å². The molecule has 0 aliphatic carbocycles. The smallest absolute Gasteiger partial charge is 0.320 e. The Kier molecular flexibility index (Phi) is 5.69. The molecule has 8 heteroatoms. The van der Waals surface area contributed by atoms with Crippen LogP contribution in [0.5, 0.6) is 0 Å². The largest absolute Gasteiger partial charge is 0.418 e. The van der Waals surface area contributed by atoms with Gasteiger partial charge in [-0.3, -0.25) is 14.6 Å². The molecule has 0 radical (unpaired) electrons. The van der Waals surface area contributed by atoms with Crippen LogP contribution in [0.4, 0.5) is 24.5 Å². The number of amides is 2. The van der Waals surface area contributed by atoms with Gasteiger partial charge in [-0.2, -0.15) is 13.2 Å². The van der Waals surface area contributed by atoms with Crippen LogP contribution >= 0.6 is 0 Å². The van der Waals surface area contributed by atoms with E-state index in [1.165, 1.54) is 12.1 Å². The maximum absolute atomic E-state index is 13.7. The van der Waals surface area contributed by atoms with Crippen LogP contribution in [-0.2, 0) is 11.0 Å². The van der Waals surface area contributed by atoms with Crippen molar-refractivity contribution in [3.8, 4) is 11.1 Å². The zero-order valence-corrected chi connectivity index (χ0v) is 17.2. The second kappa shape index (κ2) is 8.45. The number of carbonyl (C=O) groups excluding carboxylic acids is 2. The third-order valence-corrected chi connectivity index (χ3v) is 5.41. The molecule has 2 heterocycles. The number of benzene rings is 2. The van der Waals surface area contributed by atoms with Gasteiger partial charge in [-0.1, -0.05) is 18.2 Å². The fraction of sp³-hybridized carbons (Fsp3) is 0.208. The number of pyridine rings is 1. The molecule has 5 nitrogen and oxygen atoms in total. The first-order valence-corrected chi connectivity index (χ1v) is 10.1. The normalized spacial score (nSPS) is 14.0. The molecule has 0 unspecified atom stereocenters. The van der Waals surface area contributed by atoms with Crippen LogP contribution in [0, 0.1) is 6.92 Å². The lowest BCUT2D eigenvalue weighted by Gasteiger charge is -2.24. The molecule has 1 aliphatic heterocycles. The topological polar surface area (TPSA) is 62.3 Å². The van der Waals surface area contributed by atoms with E-state index in [4.69, 9.17) is 0 Å². The Morgan fingerprint density at radius 2 is 1.94 bits per heavy atom. The molecule has 32 heavy (non-hydrogen) atoms. The SMILES string of the molecule is Cc1ccc(C(=O)Nc2cccc(C(F)(F)F)c2N2CCCC2=O)cc1-c1cccnc1. The molecule has 2 aromatic carbocycles. The predicted molar refractivity (Wildman–Crippen MR) is 115 cm³/mol. The van der Waals surface area contributed by atoms with E-state index in [0.717, 1.165) is 27.7 Å². The number of aromatic nitrogens is 1. The average molecular weight is 439 g/mol. The molecular formula is C24H20F3N3O2. The van der Waals surface area contributed by atoms with Crippen molar-refractivity contribution in [2.75, 3.05) is 16.8 Å². The fourth-order valence-corrected chi connectivity index (χ4v) is 3.84. The zero-order valence-electron chi connectivity index (χ0n) is 17.2. The lowest BCUT2D eigenvalue weighted by Crippen LogP contribution is -2.28. The maximum atomic E-state index is 13.7. The summed E-state index contributed by atoms with van der Waals surface area (Å²) < 4.78 is 41.1. The number of para-hydroxylation sites is 1. The summed E-state index contributed by atoms with van der Waals surface area (Å²) >= 11 is 0. The van der Waals surface area contributed by atoms with E-state index in [-0.39, 0.29) is 29.9 Å². The van der Waals surface area contributed by atoms with Crippen molar-refractivity contribution >= 4 is 23.2 Å². The van der Waals surface area contributed by atoms with Gasteiger partial charge in [0.1, 0.15) is 0 Å². The summed E-state index contributed by atoms with van der Waals surface area (Å²) in [6.07, 6.45) is -0.717. The van der Waals surface area contributed by atoms with Crippen LogP contribution in [0.25, 0.3) is 11.1 Å². The molecule has 3 aromatic rings. The molecule has 1 aromatic heterocycles. The van der Waals surface area contributed by atoms with Crippen molar-refractivity contribution in [3.05, 3.63) is 77.6 Å². The van der Waals surface area contributed by atoms with E-state index in [9.17, 15) is 22.8 Å². The van der Waals surface area contributed by atoms with Crippen LogP contribution in [-0.4, -0.2) is 23.3 Å². The Balaban J connectivity index is 1.72. The number of halogens is 3. The predicted octanol–water partition coefficient (Wildman–Crippen LogP) is 5.45. The first-order chi connectivity index (χ1) is 15.3. The summed E-state index contributed by atoms with van der Waals surface area (Å²) in [6, 6.07) is 12.2. The fourth-order valence-electron chi connectivity index (χ4n) is 3.84. The summed E-state index contributed by atoms with van der Waals surface area (Å²) in [5, 5.41) is 2.59. The number of hydrogen-bond donors (Lipinski definition) is 1. The molecule has 0 bridgehead atoms. The van der Waals surface area contributed by atoms with Crippen LogP contribution in [0.3, 0.4) is 0 Å². The Hall–Kier alpha value is -3.68. The molecule has 0 spiro atoms. The molecule has 1 fully saturated rings. The molecule has 2 amide bonds. The second-order valence-corrected chi connectivity index (χ2v) is 7.57. The van der Waals surface area contributed by atoms with Crippen LogP contribution in [0.15, 0.2) is 60.9 Å². The van der Waals surface area contributed by atoms with E-state index < -0.39 is 23.6 Å². The van der Waals surface area contributed by atoms with Gasteiger partial charge in [0.25, 0.3) is 5.91 Å². The molecule has 0 atom stereocenters. The van der Waals surface area contributed by atoms with Gasteiger partial charge in [0.15, 0.2) is 0 Å². The highest BCUT2D eigenvalue weighted by molar-refractivity contribution is 6.09. The van der Waals surface area contributed by atoms with Gasteiger partial charge < -0.3 is 10.2 Å². The number of nitrogens with zero attached hydrogens (tertiary/aromatic N) is 2. The van der Waals surface area contributed by atoms with E-state index in [1.807, 2.05) is 13.0 Å². The number of nitrogens with one attached hydrogen (secondary N) is 1. The van der Waals surface area contributed by atoms with Crippen molar-refractivity contribution in [1.29, 1.82) is 0 Å². The quantitative estimate of drug-likeness (QED) is 0.588. The van der Waals surface area contributed by atoms with Crippen LogP contribution in [0.2, 0.25) is 0 Å². The molecule has 1 aliphatic rings. The van der Waals surface area contributed by atoms with Gasteiger partial charge in [-0.25, -0.2) is 0 Å². The third kappa shape index (κ3) is 4.21. The monoisotopic (exact) mass is 439 g/mol. The van der Waals surface area contributed by atoms with Crippen molar-refractivity contribution in [1.82, 2.24) is 4.98 Å². The summed E-state index contributed by atoms with van der Waals surface area (Å²) in [7, 11) is 0. The number of hydrogen-bond acceptors (Lipinski definition) is 3. The zero-order chi connectivity index (χ0) is 22.9. The molecule has 1 N–H and O–H groups in total. The highest BCUT2D eigenvalue weighted by atomic mass is 19.4. The first-order valence-electron chi connectivity index (χ1n) is 10.1. The Morgan fingerprint density at radius 1 is 1.12 bits per heavy atom. The van der Waals surface area contributed by atoms with Crippen molar-refractivity contribution in [2.45, 2.75) is 25.9 Å². The first kappa shape index (κ1) is 21.5. The molecule has 0 saturated carbocycles. The molecule has 164 valence electrons. The maximum Gasteiger partial charge on any atom is 0.418 e. The molecule has 4 rings (SSSR count). The van der Waals surface area contributed by atoms with E-state index in [0.29, 0.717) is 6.42 Å². The van der Waals surface area contributed by atoms with Gasteiger partial charge in [-0.15, -0.1) is 0 Å². The minimum Gasteiger partial charge on any atom is -0.320 e. The van der Waals surface area contributed by atoms with Crippen molar-refractivity contribution in [3.63, 3.8) is 0 Å². The molecule has 1 saturated heterocycles. The number of alkyl halides is 3. The van der Waals surface area contributed by atoms with Crippen molar-refractivity contribution < 1.29 is 22.8 Å². The second-order valence-electron chi connectivity index (χ2n) is 7.57. The summed E-state index contributed by atoms with van der Waals surface area (Å²) in [4.78, 5) is 30.4. The molecular weight excluding hydrogens is 419 g/mol. The Labute approximate surface area is 182 Å². The Morgan fingerprint density at radius 3 is 2.59 bits per heavy atom. The third-order valence-electron chi connectivity index (χ3n) is 5.41. The number of anilines is 2. The summed E-state index contributed by atoms with van der Waals surface area (Å²) in [5.74, 6) is -0.964.